The largest absolute Gasteiger partial charge is 0.392 e. The summed E-state index contributed by atoms with van der Waals surface area (Å²) in [6.45, 7) is 0.511. The summed E-state index contributed by atoms with van der Waals surface area (Å²) >= 11 is 0. The van der Waals surface area contributed by atoms with E-state index >= 15 is 0 Å². The molecule has 3 heterocycles. The number of nitrogens with zero attached hydrogens (tertiary/aromatic N) is 3. The number of nitrogens with one attached hydrogen (secondary N) is 1. The topological polar surface area (TPSA) is 84.1 Å². The van der Waals surface area contributed by atoms with E-state index in [0.29, 0.717) is 30.4 Å². The van der Waals surface area contributed by atoms with Gasteiger partial charge in [-0.3, -0.25) is 0 Å². The number of rotatable bonds is 2. The molecule has 1 aliphatic heterocycles. The predicted octanol–water partition coefficient (Wildman–Crippen LogP) is 0.666. The zero-order chi connectivity index (χ0) is 12.5. The van der Waals surface area contributed by atoms with E-state index in [4.69, 9.17) is 4.52 Å². The average molecular weight is 250 g/mol. The van der Waals surface area contributed by atoms with Gasteiger partial charge in [-0.1, -0.05) is 5.16 Å². The Hall–Kier alpha value is -1.86. The van der Waals surface area contributed by atoms with Crippen molar-refractivity contribution in [2.45, 2.75) is 18.6 Å². The lowest BCUT2D eigenvalue weighted by atomic mass is 10.2. The zero-order valence-electron chi connectivity index (χ0n) is 9.38. The van der Waals surface area contributed by atoms with Crippen LogP contribution in [0.25, 0.3) is 11.5 Å². The molecule has 0 bridgehead atoms. The SMILES string of the molecule is OC1CNC(c2nc(-c3ccc(F)cn3)no2)C1. The van der Waals surface area contributed by atoms with E-state index in [1.54, 1.807) is 0 Å². The first-order chi connectivity index (χ1) is 8.72. The van der Waals surface area contributed by atoms with Gasteiger partial charge in [-0.25, -0.2) is 9.37 Å². The highest BCUT2D eigenvalue weighted by Gasteiger charge is 2.28. The second kappa shape index (κ2) is 4.43. The Morgan fingerprint density at radius 2 is 2.33 bits per heavy atom. The van der Waals surface area contributed by atoms with Gasteiger partial charge in [-0.2, -0.15) is 4.98 Å². The van der Waals surface area contributed by atoms with Crippen LogP contribution < -0.4 is 5.32 Å². The number of aliphatic hydroxyl groups is 1. The van der Waals surface area contributed by atoms with E-state index in [1.807, 2.05) is 0 Å². The second-order valence-corrected chi connectivity index (χ2v) is 4.17. The first-order valence-corrected chi connectivity index (χ1v) is 5.59. The molecule has 1 fully saturated rings. The van der Waals surface area contributed by atoms with Crippen molar-refractivity contribution in [2.75, 3.05) is 6.54 Å². The number of aromatic nitrogens is 3. The molecule has 3 rings (SSSR count). The van der Waals surface area contributed by atoms with Crippen LogP contribution in [0.1, 0.15) is 18.4 Å². The van der Waals surface area contributed by atoms with Gasteiger partial charge < -0.3 is 14.9 Å². The predicted molar refractivity (Wildman–Crippen MR) is 58.9 cm³/mol. The van der Waals surface area contributed by atoms with Gasteiger partial charge in [-0.15, -0.1) is 0 Å². The Bertz CT molecular complexity index is 542. The van der Waals surface area contributed by atoms with Crippen LogP contribution in [-0.4, -0.2) is 32.9 Å². The fourth-order valence-electron chi connectivity index (χ4n) is 1.89. The van der Waals surface area contributed by atoms with Crippen molar-refractivity contribution in [1.29, 1.82) is 0 Å². The molecule has 0 spiro atoms. The number of pyridine rings is 1. The lowest BCUT2D eigenvalue weighted by molar-refractivity contribution is 0.191. The van der Waals surface area contributed by atoms with Crippen molar-refractivity contribution in [3.63, 3.8) is 0 Å². The third-order valence-electron chi connectivity index (χ3n) is 2.80. The molecule has 1 aliphatic rings. The summed E-state index contributed by atoms with van der Waals surface area (Å²) in [6, 6.07) is 2.64. The lowest BCUT2D eigenvalue weighted by Gasteiger charge is -2.01. The lowest BCUT2D eigenvalue weighted by Crippen LogP contribution is -2.15. The van der Waals surface area contributed by atoms with Gasteiger partial charge in [0.2, 0.25) is 11.7 Å². The first-order valence-electron chi connectivity index (χ1n) is 5.59. The van der Waals surface area contributed by atoms with Crippen molar-refractivity contribution in [2.24, 2.45) is 0 Å². The number of halogens is 1. The van der Waals surface area contributed by atoms with Crippen LogP contribution in [0.5, 0.6) is 0 Å². The molecule has 0 aromatic carbocycles. The van der Waals surface area contributed by atoms with E-state index < -0.39 is 11.9 Å². The maximum atomic E-state index is 12.7. The van der Waals surface area contributed by atoms with Crippen molar-refractivity contribution in [3.05, 3.63) is 30.0 Å². The van der Waals surface area contributed by atoms with Crippen molar-refractivity contribution >= 4 is 0 Å². The van der Waals surface area contributed by atoms with E-state index in [-0.39, 0.29) is 6.04 Å². The molecule has 94 valence electrons. The van der Waals surface area contributed by atoms with Gasteiger partial charge in [0.1, 0.15) is 11.5 Å². The quantitative estimate of drug-likeness (QED) is 0.814. The van der Waals surface area contributed by atoms with Gasteiger partial charge in [0.25, 0.3) is 0 Å². The van der Waals surface area contributed by atoms with Crippen LogP contribution in [0.3, 0.4) is 0 Å². The highest BCUT2D eigenvalue weighted by Crippen LogP contribution is 2.23. The smallest absolute Gasteiger partial charge is 0.244 e. The molecule has 7 heteroatoms. The Morgan fingerprint density at radius 3 is 3.00 bits per heavy atom. The summed E-state index contributed by atoms with van der Waals surface area (Å²) in [7, 11) is 0. The summed E-state index contributed by atoms with van der Waals surface area (Å²) in [5.74, 6) is 0.309. The molecule has 0 aliphatic carbocycles. The maximum Gasteiger partial charge on any atom is 0.244 e. The maximum absolute atomic E-state index is 12.7. The Balaban J connectivity index is 1.83. The average Bonchev–Trinajstić information content (AvgIpc) is 2.98. The zero-order valence-corrected chi connectivity index (χ0v) is 9.38. The van der Waals surface area contributed by atoms with Crippen LogP contribution in [0, 0.1) is 5.82 Å². The molecule has 2 aromatic heterocycles. The molecule has 0 radical (unpaired) electrons. The number of β-amino-alcohol motifs (C(OH)–C–C–N with tert-alkyl or cyclic N) is 1. The van der Waals surface area contributed by atoms with Gasteiger partial charge in [0, 0.05) is 6.54 Å². The third kappa shape index (κ3) is 2.09. The summed E-state index contributed by atoms with van der Waals surface area (Å²) in [4.78, 5) is 8.06. The van der Waals surface area contributed by atoms with Crippen LogP contribution in [0.15, 0.2) is 22.9 Å². The van der Waals surface area contributed by atoms with Gasteiger partial charge >= 0.3 is 0 Å². The van der Waals surface area contributed by atoms with Gasteiger partial charge in [0.05, 0.1) is 18.3 Å². The van der Waals surface area contributed by atoms with Crippen molar-refractivity contribution < 1.29 is 14.0 Å². The minimum absolute atomic E-state index is 0.137. The van der Waals surface area contributed by atoms with E-state index in [1.165, 1.54) is 12.1 Å². The van der Waals surface area contributed by atoms with Gasteiger partial charge in [0.15, 0.2) is 0 Å². The minimum atomic E-state index is -0.414. The summed E-state index contributed by atoms with van der Waals surface area (Å²) in [5, 5.41) is 16.3. The molecule has 2 N–H and O–H groups in total. The van der Waals surface area contributed by atoms with Crippen LogP contribution in [-0.2, 0) is 0 Å². The third-order valence-corrected chi connectivity index (χ3v) is 2.80. The molecular weight excluding hydrogens is 239 g/mol. The first kappa shape index (κ1) is 11.2. The van der Waals surface area contributed by atoms with E-state index in [9.17, 15) is 9.50 Å². The summed E-state index contributed by atoms with van der Waals surface area (Å²) in [5.41, 5.74) is 0.449. The fourth-order valence-corrected chi connectivity index (χ4v) is 1.89. The van der Waals surface area contributed by atoms with E-state index in [0.717, 1.165) is 6.20 Å². The summed E-state index contributed by atoms with van der Waals surface area (Å²) < 4.78 is 17.8. The number of hydrogen-bond donors (Lipinski definition) is 2. The van der Waals surface area contributed by atoms with Crippen LogP contribution in [0.2, 0.25) is 0 Å². The Labute approximate surface area is 102 Å². The number of aliphatic hydroxyl groups excluding tert-OH is 1. The molecular formula is C11H11FN4O2. The molecule has 6 nitrogen and oxygen atoms in total. The van der Waals surface area contributed by atoms with Crippen LogP contribution >= 0.6 is 0 Å². The molecule has 1 saturated heterocycles. The monoisotopic (exact) mass is 250 g/mol. The Morgan fingerprint density at radius 1 is 1.44 bits per heavy atom. The van der Waals surface area contributed by atoms with E-state index in [2.05, 4.69) is 20.4 Å². The van der Waals surface area contributed by atoms with Crippen LogP contribution in [0.4, 0.5) is 4.39 Å². The molecule has 0 saturated carbocycles. The molecule has 2 atom stereocenters. The molecule has 18 heavy (non-hydrogen) atoms. The summed E-state index contributed by atoms with van der Waals surface area (Å²) in [6.07, 6.45) is 1.25. The minimum Gasteiger partial charge on any atom is -0.392 e. The van der Waals surface area contributed by atoms with Crippen molar-refractivity contribution in [3.8, 4) is 11.5 Å². The van der Waals surface area contributed by atoms with Gasteiger partial charge in [-0.05, 0) is 18.6 Å². The van der Waals surface area contributed by atoms with Crippen molar-refractivity contribution in [1.82, 2.24) is 20.4 Å². The molecule has 2 unspecified atom stereocenters. The normalized spacial score (nSPS) is 23.4. The molecule has 2 aromatic rings. The molecule has 0 amide bonds. The second-order valence-electron chi connectivity index (χ2n) is 4.17. The fraction of sp³-hybridized carbons (Fsp3) is 0.364. The highest BCUT2D eigenvalue weighted by atomic mass is 19.1. The Kier molecular flexibility index (Phi) is 2.77. The highest BCUT2D eigenvalue weighted by molar-refractivity contribution is 5.47. The standard InChI is InChI=1S/C11H11FN4O2/c12-6-1-2-8(13-4-6)10-15-11(18-16-10)9-3-7(17)5-14-9/h1-2,4,7,9,14,17H,3,5H2. The number of hydrogen-bond acceptors (Lipinski definition) is 6.